The second-order valence-electron chi connectivity index (χ2n) is 4.33. The van der Waals surface area contributed by atoms with Crippen LogP contribution in [0.2, 0.25) is 0 Å². The zero-order valence-electron chi connectivity index (χ0n) is 10.3. The molecule has 3 N–H and O–H groups in total. The van der Waals surface area contributed by atoms with Gasteiger partial charge in [-0.1, -0.05) is 34.1 Å². The predicted octanol–water partition coefficient (Wildman–Crippen LogP) is 1.63. The van der Waals surface area contributed by atoms with Gasteiger partial charge in [0.1, 0.15) is 0 Å². The van der Waals surface area contributed by atoms with Crippen molar-refractivity contribution in [2.45, 2.75) is 18.9 Å². The van der Waals surface area contributed by atoms with Gasteiger partial charge in [-0.25, -0.2) is 0 Å². The molecule has 0 spiro atoms. The monoisotopic (exact) mass is 300 g/mol. The van der Waals surface area contributed by atoms with Crippen LogP contribution in [0.25, 0.3) is 0 Å². The first-order valence-corrected chi connectivity index (χ1v) is 6.73. The van der Waals surface area contributed by atoms with Gasteiger partial charge in [0.2, 0.25) is 0 Å². The smallest absolute Gasteiger partial charge is 0.0679 e. The van der Waals surface area contributed by atoms with Crippen molar-refractivity contribution in [3.05, 3.63) is 34.3 Å². The van der Waals surface area contributed by atoms with Crippen molar-refractivity contribution >= 4 is 15.9 Å². The fourth-order valence-electron chi connectivity index (χ4n) is 1.75. The number of aliphatic hydroxyl groups excluding tert-OH is 1. The molecule has 0 bridgehead atoms. The van der Waals surface area contributed by atoms with Gasteiger partial charge in [0.25, 0.3) is 0 Å². The van der Waals surface area contributed by atoms with Crippen LogP contribution in [0.3, 0.4) is 0 Å². The SMILES string of the molecule is CN(CCc1ccccc1Br)CC(O)CCN. The Bertz CT molecular complexity index is 333. The van der Waals surface area contributed by atoms with E-state index in [9.17, 15) is 5.11 Å². The minimum atomic E-state index is -0.316. The molecule has 0 saturated carbocycles. The molecule has 1 aromatic carbocycles. The lowest BCUT2D eigenvalue weighted by molar-refractivity contribution is 0.120. The molecule has 17 heavy (non-hydrogen) atoms. The molecule has 0 saturated heterocycles. The van der Waals surface area contributed by atoms with Gasteiger partial charge in [0.05, 0.1) is 6.10 Å². The summed E-state index contributed by atoms with van der Waals surface area (Å²) < 4.78 is 1.15. The third-order valence-electron chi connectivity index (χ3n) is 2.74. The van der Waals surface area contributed by atoms with Crippen molar-refractivity contribution < 1.29 is 5.11 Å². The zero-order valence-corrected chi connectivity index (χ0v) is 11.9. The number of nitrogens with zero attached hydrogens (tertiary/aromatic N) is 1. The molecule has 1 atom stereocenters. The zero-order chi connectivity index (χ0) is 12.7. The van der Waals surface area contributed by atoms with Gasteiger partial charge in [0.15, 0.2) is 0 Å². The molecule has 0 heterocycles. The molecule has 1 aromatic rings. The second-order valence-corrected chi connectivity index (χ2v) is 5.19. The van der Waals surface area contributed by atoms with Crippen LogP contribution in [0.5, 0.6) is 0 Å². The fourth-order valence-corrected chi connectivity index (χ4v) is 2.23. The number of aliphatic hydroxyl groups is 1. The average molecular weight is 301 g/mol. The Morgan fingerprint density at radius 2 is 2.12 bits per heavy atom. The van der Waals surface area contributed by atoms with Crippen LogP contribution in [-0.4, -0.2) is 42.8 Å². The van der Waals surface area contributed by atoms with E-state index in [0.29, 0.717) is 19.5 Å². The van der Waals surface area contributed by atoms with Gasteiger partial charge in [0, 0.05) is 17.6 Å². The Morgan fingerprint density at radius 1 is 1.41 bits per heavy atom. The van der Waals surface area contributed by atoms with Crippen LogP contribution in [-0.2, 0) is 6.42 Å². The Morgan fingerprint density at radius 3 is 2.76 bits per heavy atom. The number of rotatable bonds is 7. The molecule has 0 aliphatic carbocycles. The summed E-state index contributed by atoms with van der Waals surface area (Å²) in [7, 11) is 2.02. The van der Waals surface area contributed by atoms with Crippen molar-refractivity contribution in [2.24, 2.45) is 5.73 Å². The minimum absolute atomic E-state index is 0.316. The summed E-state index contributed by atoms with van der Waals surface area (Å²) in [6, 6.07) is 8.23. The Balaban J connectivity index is 2.33. The highest BCUT2D eigenvalue weighted by atomic mass is 79.9. The molecule has 96 valence electrons. The average Bonchev–Trinajstić information content (AvgIpc) is 2.28. The highest BCUT2D eigenvalue weighted by Crippen LogP contribution is 2.16. The van der Waals surface area contributed by atoms with Gasteiger partial charge < -0.3 is 15.7 Å². The number of benzene rings is 1. The van der Waals surface area contributed by atoms with E-state index in [0.717, 1.165) is 17.4 Å². The summed E-state index contributed by atoms with van der Waals surface area (Å²) in [5.74, 6) is 0. The number of nitrogens with two attached hydrogens (primary N) is 1. The van der Waals surface area contributed by atoms with Crippen LogP contribution in [0.15, 0.2) is 28.7 Å². The van der Waals surface area contributed by atoms with E-state index < -0.39 is 0 Å². The second kappa shape index (κ2) is 7.82. The van der Waals surface area contributed by atoms with E-state index in [2.05, 4.69) is 33.0 Å². The molecule has 4 heteroatoms. The lowest BCUT2D eigenvalue weighted by atomic mass is 10.1. The van der Waals surface area contributed by atoms with E-state index in [1.807, 2.05) is 19.2 Å². The molecule has 0 aliphatic rings. The predicted molar refractivity (Wildman–Crippen MR) is 75.0 cm³/mol. The van der Waals surface area contributed by atoms with Crippen molar-refractivity contribution in [3.63, 3.8) is 0 Å². The molecular weight excluding hydrogens is 280 g/mol. The quantitative estimate of drug-likeness (QED) is 0.805. The third kappa shape index (κ3) is 5.64. The normalized spacial score (nSPS) is 13.0. The van der Waals surface area contributed by atoms with Gasteiger partial charge >= 0.3 is 0 Å². The van der Waals surface area contributed by atoms with E-state index in [-0.39, 0.29) is 6.10 Å². The van der Waals surface area contributed by atoms with Crippen LogP contribution in [0.4, 0.5) is 0 Å². The Kier molecular flexibility index (Phi) is 6.73. The van der Waals surface area contributed by atoms with Crippen LogP contribution >= 0.6 is 15.9 Å². The largest absolute Gasteiger partial charge is 0.392 e. The van der Waals surface area contributed by atoms with Gasteiger partial charge in [-0.05, 0) is 38.1 Å². The number of hydrogen-bond acceptors (Lipinski definition) is 3. The Hall–Kier alpha value is -0.420. The summed E-state index contributed by atoms with van der Waals surface area (Å²) in [5.41, 5.74) is 6.70. The van der Waals surface area contributed by atoms with E-state index >= 15 is 0 Å². The molecular formula is C13H21BrN2O. The Labute approximate surface area is 112 Å². The molecule has 0 fully saturated rings. The first-order chi connectivity index (χ1) is 8.13. The summed E-state index contributed by atoms with van der Waals surface area (Å²) in [5, 5.41) is 9.64. The highest BCUT2D eigenvalue weighted by molar-refractivity contribution is 9.10. The van der Waals surface area contributed by atoms with E-state index in [1.165, 1.54) is 5.56 Å². The van der Waals surface area contributed by atoms with Crippen LogP contribution < -0.4 is 5.73 Å². The molecule has 0 radical (unpaired) electrons. The lowest BCUT2D eigenvalue weighted by Gasteiger charge is -2.20. The number of hydrogen-bond donors (Lipinski definition) is 2. The topological polar surface area (TPSA) is 49.5 Å². The molecule has 0 aliphatic heterocycles. The van der Waals surface area contributed by atoms with Crippen molar-refractivity contribution in [1.82, 2.24) is 4.90 Å². The van der Waals surface area contributed by atoms with Gasteiger partial charge in [-0.15, -0.1) is 0 Å². The molecule has 1 rings (SSSR count). The summed E-state index contributed by atoms with van der Waals surface area (Å²) in [4.78, 5) is 2.14. The van der Waals surface area contributed by atoms with Gasteiger partial charge in [-0.3, -0.25) is 0 Å². The maximum absolute atomic E-state index is 9.64. The highest BCUT2D eigenvalue weighted by Gasteiger charge is 2.07. The number of halogens is 1. The number of likely N-dealkylation sites (N-methyl/N-ethyl adjacent to an activating group) is 1. The first-order valence-electron chi connectivity index (χ1n) is 5.93. The maximum Gasteiger partial charge on any atom is 0.0679 e. The van der Waals surface area contributed by atoms with Crippen molar-refractivity contribution in [3.8, 4) is 0 Å². The fraction of sp³-hybridized carbons (Fsp3) is 0.538. The first kappa shape index (κ1) is 14.6. The van der Waals surface area contributed by atoms with E-state index in [1.54, 1.807) is 0 Å². The molecule has 1 unspecified atom stereocenters. The summed E-state index contributed by atoms with van der Waals surface area (Å²) >= 11 is 3.54. The van der Waals surface area contributed by atoms with E-state index in [4.69, 9.17) is 5.73 Å². The minimum Gasteiger partial charge on any atom is -0.392 e. The lowest BCUT2D eigenvalue weighted by Crippen LogP contribution is -2.32. The molecule has 0 aromatic heterocycles. The molecule has 3 nitrogen and oxygen atoms in total. The van der Waals surface area contributed by atoms with Crippen LogP contribution in [0, 0.1) is 0 Å². The molecule has 0 amide bonds. The summed E-state index contributed by atoms with van der Waals surface area (Å²) in [6.07, 6.45) is 1.33. The standard InChI is InChI=1S/C13H21BrN2O/c1-16(10-12(17)6-8-15)9-7-11-4-2-3-5-13(11)14/h2-5,12,17H,6-10,15H2,1H3. The summed E-state index contributed by atoms with van der Waals surface area (Å²) in [6.45, 7) is 2.16. The van der Waals surface area contributed by atoms with Crippen molar-refractivity contribution in [1.29, 1.82) is 0 Å². The third-order valence-corrected chi connectivity index (χ3v) is 3.52. The van der Waals surface area contributed by atoms with Gasteiger partial charge in [-0.2, -0.15) is 0 Å². The van der Waals surface area contributed by atoms with Crippen molar-refractivity contribution in [2.75, 3.05) is 26.7 Å². The van der Waals surface area contributed by atoms with Crippen LogP contribution in [0.1, 0.15) is 12.0 Å². The maximum atomic E-state index is 9.64.